The number of imidazole rings is 1. The molecule has 7 rings (SSSR count). The number of piperidine rings is 1. The first kappa shape index (κ1) is 30.0. The number of fused-ring (bicyclic) bond motifs is 1. The summed E-state index contributed by atoms with van der Waals surface area (Å²) in [6, 6.07) is 36.7. The number of aromatic nitrogens is 3. The van der Waals surface area contributed by atoms with Crippen molar-refractivity contribution in [2.45, 2.75) is 32.0 Å². The third-order valence-electron chi connectivity index (χ3n) is 9.01. The van der Waals surface area contributed by atoms with Crippen LogP contribution in [-0.2, 0) is 13.1 Å². The molecule has 47 heavy (non-hydrogen) atoms. The molecule has 0 radical (unpaired) electrons. The van der Waals surface area contributed by atoms with Gasteiger partial charge in [0.05, 0.1) is 30.4 Å². The summed E-state index contributed by atoms with van der Waals surface area (Å²) >= 11 is 0. The van der Waals surface area contributed by atoms with Crippen LogP contribution in [0.25, 0.3) is 38.3 Å². The summed E-state index contributed by atoms with van der Waals surface area (Å²) in [5.41, 5.74) is 8.41. The Kier molecular flexibility index (Phi) is 8.54. The summed E-state index contributed by atoms with van der Waals surface area (Å²) in [6.07, 6.45) is 1.87. The first-order chi connectivity index (χ1) is 23.1. The van der Waals surface area contributed by atoms with E-state index in [1.807, 2.05) is 77.4 Å². The van der Waals surface area contributed by atoms with E-state index in [2.05, 4.69) is 56.4 Å². The number of nitrogens with zero attached hydrogens (tertiary/aromatic N) is 4. The van der Waals surface area contributed by atoms with Crippen molar-refractivity contribution in [3.63, 3.8) is 0 Å². The first-order valence-electron chi connectivity index (χ1n) is 16.0. The number of methoxy groups -OCH3 is 1. The monoisotopic (exact) mass is 620 g/mol. The lowest BCUT2D eigenvalue weighted by atomic mass is 9.97. The van der Waals surface area contributed by atoms with Gasteiger partial charge in [0.15, 0.2) is 0 Å². The molecular formula is C39H36N6O2. The number of hydrogen-bond acceptors (Lipinski definition) is 5. The van der Waals surface area contributed by atoms with Crippen LogP contribution >= 0.6 is 0 Å². The lowest BCUT2D eigenvalue weighted by Crippen LogP contribution is -2.36. The van der Waals surface area contributed by atoms with Crippen molar-refractivity contribution in [2.24, 2.45) is 0 Å². The maximum atomic E-state index is 12.7. The summed E-state index contributed by atoms with van der Waals surface area (Å²) in [4.78, 5) is 27.1. The fourth-order valence-corrected chi connectivity index (χ4v) is 6.50. The van der Waals surface area contributed by atoms with Crippen LogP contribution in [0.3, 0.4) is 0 Å². The van der Waals surface area contributed by atoms with E-state index in [0.29, 0.717) is 18.1 Å². The minimum Gasteiger partial charge on any atom is -0.497 e. The van der Waals surface area contributed by atoms with Crippen LogP contribution in [-0.4, -0.2) is 39.6 Å². The molecule has 1 aliphatic heterocycles. The highest BCUT2D eigenvalue weighted by Crippen LogP contribution is 2.38. The number of rotatable bonds is 9. The van der Waals surface area contributed by atoms with Gasteiger partial charge in [0.1, 0.15) is 11.6 Å². The number of anilines is 1. The zero-order chi connectivity index (χ0) is 32.2. The number of aromatic amines is 1. The number of H-pyrrole nitrogens is 1. The van der Waals surface area contributed by atoms with E-state index in [0.717, 1.165) is 77.2 Å². The summed E-state index contributed by atoms with van der Waals surface area (Å²) in [5.74, 6) is 1.37. The molecule has 234 valence electrons. The molecule has 1 fully saturated rings. The molecule has 1 saturated heterocycles. The molecule has 0 spiro atoms. The average molecular weight is 621 g/mol. The van der Waals surface area contributed by atoms with Crippen LogP contribution < -0.4 is 15.7 Å². The van der Waals surface area contributed by atoms with Crippen LogP contribution in [0.5, 0.6) is 5.75 Å². The molecule has 0 bridgehead atoms. The van der Waals surface area contributed by atoms with Crippen LogP contribution in [0.4, 0.5) is 11.5 Å². The zero-order valence-corrected chi connectivity index (χ0v) is 26.3. The molecule has 0 amide bonds. The second kappa shape index (κ2) is 13.4. The van der Waals surface area contributed by atoms with Gasteiger partial charge in [0, 0.05) is 37.8 Å². The van der Waals surface area contributed by atoms with E-state index < -0.39 is 0 Å². The van der Waals surface area contributed by atoms with Crippen molar-refractivity contribution in [1.29, 1.82) is 0 Å². The summed E-state index contributed by atoms with van der Waals surface area (Å²) in [6.45, 7) is 11.2. The molecule has 6 aromatic rings. The normalized spacial score (nSPS) is 13.8. The van der Waals surface area contributed by atoms with Gasteiger partial charge in [0.2, 0.25) is 5.69 Å². The molecule has 8 heteroatoms. The molecule has 1 aliphatic rings. The smallest absolute Gasteiger partial charge is 0.326 e. The highest BCUT2D eigenvalue weighted by molar-refractivity contribution is 5.87. The standard InChI is InChI=1S/C39H36N6O2/c1-40-35-24-33(29-8-4-3-5-9-29)37(43-38(35)41-25-27-14-18-32(47-2)19-15-27)30-16-12-28(13-17-30)26-44-22-20-31(21-23-44)45-36-11-7-6-10-34(36)42-39(45)46/h3-19,24,31H,20-23,25-26H2,2H3,(H,41,43)(H,42,46). The summed E-state index contributed by atoms with van der Waals surface area (Å²) in [5, 5.41) is 3.40. The fourth-order valence-electron chi connectivity index (χ4n) is 6.50. The van der Waals surface area contributed by atoms with Gasteiger partial charge in [-0.3, -0.25) is 9.47 Å². The molecule has 4 aromatic carbocycles. The van der Waals surface area contributed by atoms with Crippen LogP contribution in [0.1, 0.15) is 30.0 Å². The highest BCUT2D eigenvalue weighted by atomic mass is 16.5. The van der Waals surface area contributed by atoms with Gasteiger partial charge in [-0.05, 0) is 65.4 Å². The Hall–Kier alpha value is -5.65. The second-order valence-corrected chi connectivity index (χ2v) is 12.0. The third-order valence-corrected chi connectivity index (χ3v) is 9.01. The minimum absolute atomic E-state index is 0.0211. The topological polar surface area (TPSA) is 79.5 Å². The molecule has 2 aromatic heterocycles. The quantitative estimate of drug-likeness (QED) is 0.160. The number of benzene rings is 4. The van der Waals surface area contributed by atoms with Crippen molar-refractivity contribution in [3.8, 4) is 28.1 Å². The maximum absolute atomic E-state index is 12.7. The Morgan fingerprint density at radius 1 is 0.894 bits per heavy atom. The van der Waals surface area contributed by atoms with Gasteiger partial charge in [-0.2, -0.15) is 0 Å². The van der Waals surface area contributed by atoms with E-state index >= 15 is 0 Å². The largest absolute Gasteiger partial charge is 0.497 e. The zero-order valence-electron chi connectivity index (χ0n) is 26.3. The van der Waals surface area contributed by atoms with E-state index in [1.165, 1.54) is 5.56 Å². The third kappa shape index (κ3) is 6.39. The van der Waals surface area contributed by atoms with Gasteiger partial charge < -0.3 is 15.0 Å². The number of nitrogens with one attached hydrogen (secondary N) is 2. The number of hydrogen-bond donors (Lipinski definition) is 2. The Bertz CT molecular complexity index is 2090. The lowest BCUT2D eigenvalue weighted by Gasteiger charge is -2.32. The Morgan fingerprint density at radius 3 is 2.32 bits per heavy atom. The molecular weight excluding hydrogens is 584 g/mol. The molecule has 0 aliphatic carbocycles. The second-order valence-electron chi connectivity index (χ2n) is 12.0. The Labute approximate surface area is 274 Å². The Balaban J connectivity index is 1.09. The van der Waals surface area contributed by atoms with Gasteiger partial charge in [0.25, 0.3) is 0 Å². The predicted octanol–water partition coefficient (Wildman–Crippen LogP) is 8.07. The van der Waals surface area contributed by atoms with E-state index in [1.54, 1.807) is 7.11 Å². The van der Waals surface area contributed by atoms with Crippen molar-refractivity contribution in [2.75, 3.05) is 25.5 Å². The number of pyridine rings is 1. The lowest BCUT2D eigenvalue weighted by molar-refractivity contribution is 0.180. The number of ether oxygens (including phenoxy) is 1. The van der Waals surface area contributed by atoms with Crippen molar-refractivity contribution < 1.29 is 4.74 Å². The first-order valence-corrected chi connectivity index (χ1v) is 16.0. The van der Waals surface area contributed by atoms with Gasteiger partial charge >= 0.3 is 5.69 Å². The van der Waals surface area contributed by atoms with Crippen LogP contribution in [0.15, 0.2) is 114 Å². The van der Waals surface area contributed by atoms with Crippen molar-refractivity contribution >= 4 is 22.5 Å². The van der Waals surface area contributed by atoms with E-state index in [9.17, 15) is 4.79 Å². The highest BCUT2D eigenvalue weighted by Gasteiger charge is 2.24. The van der Waals surface area contributed by atoms with E-state index in [4.69, 9.17) is 16.3 Å². The number of para-hydroxylation sites is 2. The summed E-state index contributed by atoms with van der Waals surface area (Å²) in [7, 11) is 1.65. The fraction of sp³-hybridized carbons (Fsp3) is 0.205. The molecule has 0 atom stereocenters. The maximum Gasteiger partial charge on any atom is 0.326 e. The Morgan fingerprint density at radius 2 is 1.60 bits per heavy atom. The van der Waals surface area contributed by atoms with Crippen LogP contribution in [0.2, 0.25) is 0 Å². The molecule has 0 saturated carbocycles. The average Bonchev–Trinajstić information content (AvgIpc) is 3.47. The van der Waals surface area contributed by atoms with Crippen molar-refractivity contribution in [1.82, 2.24) is 19.4 Å². The SMILES string of the molecule is [C-]#[N+]c1cc(-c2ccccc2)c(-c2ccc(CN3CCC(n4c(=O)[nH]c5ccccc54)CC3)cc2)nc1NCc1ccc(OC)cc1. The summed E-state index contributed by atoms with van der Waals surface area (Å²) < 4.78 is 7.23. The minimum atomic E-state index is -0.0211. The van der Waals surface area contributed by atoms with Gasteiger partial charge in [-0.15, -0.1) is 0 Å². The van der Waals surface area contributed by atoms with Gasteiger partial charge in [-0.25, -0.2) is 14.6 Å². The van der Waals surface area contributed by atoms with Gasteiger partial charge in [-0.1, -0.05) is 78.9 Å². The molecule has 3 heterocycles. The van der Waals surface area contributed by atoms with E-state index in [-0.39, 0.29) is 11.7 Å². The van der Waals surface area contributed by atoms with Crippen LogP contribution in [0, 0.1) is 6.57 Å². The number of likely N-dealkylation sites (tertiary alicyclic amines) is 1. The predicted molar refractivity (Wildman–Crippen MR) is 188 cm³/mol. The van der Waals surface area contributed by atoms with Crippen molar-refractivity contribution in [3.05, 3.63) is 142 Å². The molecule has 8 nitrogen and oxygen atoms in total. The molecule has 2 N–H and O–H groups in total. The molecule has 0 unspecified atom stereocenters.